The number of carboxylic acid groups (broad SMARTS) is 1. The van der Waals surface area contributed by atoms with Crippen LogP contribution >= 0.6 is 0 Å². The highest BCUT2D eigenvalue weighted by Gasteiger charge is 1.87. The second kappa shape index (κ2) is 20.2. The van der Waals surface area contributed by atoms with Crippen molar-refractivity contribution in [2.75, 3.05) is 6.61 Å². The molecule has 2 N–H and O–H groups in total. The third-order valence-corrected chi connectivity index (χ3v) is 2.64. The number of rotatable bonds is 11. The number of allylic oxidation sites excluding steroid dienone is 4. The van der Waals surface area contributed by atoms with Crippen LogP contribution in [0.3, 0.4) is 0 Å². The van der Waals surface area contributed by atoms with E-state index in [4.69, 9.17) is 15.0 Å². The normalized spacial score (nSPS) is 10.8. The molecule has 0 aliphatic carbocycles. The van der Waals surface area contributed by atoms with Crippen LogP contribution in [0.25, 0.3) is 0 Å². The Kier molecular flexibility index (Phi) is 21.5. The summed E-state index contributed by atoms with van der Waals surface area (Å²) < 4.78 is 0. The first-order valence-corrected chi connectivity index (χ1v) is 7.77. The van der Waals surface area contributed by atoms with Crippen LogP contribution in [-0.4, -0.2) is 22.8 Å². The van der Waals surface area contributed by atoms with Gasteiger partial charge in [-0.3, -0.25) is 4.79 Å². The lowest BCUT2D eigenvalue weighted by Crippen LogP contribution is -1.82. The van der Waals surface area contributed by atoms with Gasteiger partial charge in [0.2, 0.25) is 0 Å². The van der Waals surface area contributed by atoms with Gasteiger partial charge in [-0.2, -0.15) is 0 Å². The highest BCUT2D eigenvalue weighted by molar-refractivity contribution is 5.62. The molecule has 0 aromatic carbocycles. The van der Waals surface area contributed by atoms with Gasteiger partial charge in [0, 0.05) is 13.5 Å². The van der Waals surface area contributed by atoms with Gasteiger partial charge in [-0.05, 0) is 25.7 Å². The van der Waals surface area contributed by atoms with Crippen molar-refractivity contribution in [1.29, 1.82) is 0 Å². The minimum absolute atomic E-state index is 0.350. The fourth-order valence-electron chi connectivity index (χ4n) is 1.58. The Hall–Kier alpha value is -1.09. The molecule has 0 aliphatic heterocycles. The van der Waals surface area contributed by atoms with E-state index in [0.29, 0.717) is 6.61 Å². The molecule has 0 unspecified atom stereocenters. The van der Waals surface area contributed by atoms with Crippen molar-refractivity contribution in [1.82, 2.24) is 0 Å². The molecule has 20 heavy (non-hydrogen) atoms. The van der Waals surface area contributed by atoms with E-state index >= 15 is 0 Å². The first kappa shape index (κ1) is 21.2. The largest absolute Gasteiger partial charge is 0.481 e. The topological polar surface area (TPSA) is 57.5 Å². The van der Waals surface area contributed by atoms with Crippen LogP contribution in [0.4, 0.5) is 0 Å². The zero-order valence-electron chi connectivity index (χ0n) is 13.2. The predicted molar refractivity (Wildman–Crippen MR) is 85.9 cm³/mol. The summed E-state index contributed by atoms with van der Waals surface area (Å²) >= 11 is 0. The molecule has 0 amide bonds. The third-order valence-electron chi connectivity index (χ3n) is 2.64. The number of hydrogen-bond acceptors (Lipinski definition) is 2. The number of aliphatic carboxylic acids is 1. The Morgan fingerprint density at radius 3 is 1.85 bits per heavy atom. The minimum Gasteiger partial charge on any atom is -0.481 e. The van der Waals surface area contributed by atoms with Gasteiger partial charge in [0.05, 0.1) is 0 Å². The van der Waals surface area contributed by atoms with E-state index in [1.54, 1.807) is 0 Å². The summed E-state index contributed by atoms with van der Waals surface area (Å²) in [4.78, 5) is 9.00. The molecule has 0 aromatic heterocycles. The van der Waals surface area contributed by atoms with Gasteiger partial charge in [0.1, 0.15) is 0 Å². The summed E-state index contributed by atoms with van der Waals surface area (Å²) in [5.41, 5.74) is 0. The number of unbranched alkanes of at least 4 members (excludes halogenated alkanes) is 7. The van der Waals surface area contributed by atoms with Gasteiger partial charge in [0.15, 0.2) is 0 Å². The van der Waals surface area contributed by atoms with Crippen molar-refractivity contribution >= 4 is 5.97 Å². The van der Waals surface area contributed by atoms with Crippen LogP contribution in [0.5, 0.6) is 0 Å². The molecule has 0 atom stereocenters. The average Bonchev–Trinajstić information content (AvgIpc) is 2.39. The zero-order chi connectivity index (χ0) is 15.5. The zero-order valence-corrected chi connectivity index (χ0v) is 13.2. The quantitative estimate of drug-likeness (QED) is 0.426. The van der Waals surface area contributed by atoms with Crippen molar-refractivity contribution in [3.8, 4) is 0 Å². The molecular formula is C17H32O3. The Morgan fingerprint density at radius 2 is 1.35 bits per heavy atom. The highest BCUT2D eigenvalue weighted by Crippen LogP contribution is 2.05. The van der Waals surface area contributed by atoms with E-state index < -0.39 is 5.97 Å². The number of carboxylic acids is 1. The number of carbonyl (C=O) groups is 1. The average molecular weight is 284 g/mol. The van der Waals surface area contributed by atoms with Crippen molar-refractivity contribution in [2.45, 2.75) is 71.6 Å². The van der Waals surface area contributed by atoms with Crippen molar-refractivity contribution in [3.63, 3.8) is 0 Å². The number of aliphatic hydroxyl groups excluding tert-OH is 1. The predicted octanol–water partition coefficient (Wildman–Crippen LogP) is 4.71. The van der Waals surface area contributed by atoms with E-state index in [1.165, 1.54) is 51.4 Å². The third kappa shape index (κ3) is 30.2. The Labute approximate surface area is 124 Å². The standard InChI is InChI=1S/C15H28O.C2H4O2/c1-2-3-4-5-6-7-8-9-10-11-12-13-14-15-16;1-2(3)4/h5-8,16H,2-4,9-15H2,1H3;1H3,(H,3,4). The molecule has 3 nitrogen and oxygen atoms in total. The summed E-state index contributed by atoms with van der Waals surface area (Å²) in [5, 5.41) is 16.0. The Morgan fingerprint density at radius 1 is 0.900 bits per heavy atom. The van der Waals surface area contributed by atoms with Crippen LogP contribution < -0.4 is 0 Å². The van der Waals surface area contributed by atoms with E-state index in [0.717, 1.165) is 13.3 Å². The lowest BCUT2D eigenvalue weighted by atomic mass is 10.1. The molecular weight excluding hydrogens is 252 g/mol. The summed E-state index contributed by atoms with van der Waals surface area (Å²) in [6, 6.07) is 0. The maximum absolute atomic E-state index is 9.00. The second-order valence-corrected chi connectivity index (χ2v) is 4.80. The van der Waals surface area contributed by atoms with E-state index in [1.807, 2.05) is 0 Å². The van der Waals surface area contributed by atoms with Crippen LogP contribution in [0, 0.1) is 0 Å². The fraction of sp³-hybridized carbons (Fsp3) is 0.706. The summed E-state index contributed by atoms with van der Waals surface area (Å²) in [5.74, 6) is -0.833. The van der Waals surface area contributed by atoms with E-state index in [-0.39, 0.29) is 0 Å². The second-order valence-electron chi connectivity index (χ2n) is 4.80. The van der Waals surface area contributed by atoms with Crippen molar-refractivity contribution in [3.05, 3.63) is 24.3 Å². The van der Waals surface area contributed by atoms with Gasteiger partial charge < -0.3 is 10.2 Å². The van der Waals surface area contributed by atoms with Crippen LogP contribution in [0.15, 0.2) is 24.3 Å². The van der Waals surface area contributed by atoms with E-state index in [9.17, 15) is 0 Å². The first-order chi connectivity index (χ1) is 9.65. The molecule has 0 saturated heterocycles. The SMILES string of the molecule is CC(=O)O.CCCCC=CC=CCCCCCCCO. The summed E-state index contributed by atoms with van der Waals surface area (Å²) in [7, 11) is 0. The molecule has 0 saturated carbocycles. The van der Waals surface area contributed by atoms with Crippen molar-refractivity contribution in [2.24, 2.45) is 0 Å². The van der Waals surface area contributed by atoms with Gasteiger partial charge >= 0.3 is 0 Å². The molecule has 0 fully saturated rings. The lowest BCUT2D eigenvalue weighted by molar-refractivity contribution is -0.134. The molecule has 0 spiro atoms. The van der Waals surface area contributed by atoms with E-state index in [2.05, 4.69) is 31.2 Å². The summed E-state index contributed by atoms with van der Waals surface area (Å²) in [6.07, 6.45) is 19.8. The minimum atomic E-state index is -0.833. The van der Waals surface area contributed by atoms with Gasteiger partial charge in [0.25, 0.3) is 5.97 Å². The van der Waals surface area contributed by atoms with Crippen molar-refractivity contribution < 1.29 is 15.0 Å². The smallest absolute Gasteiger partial charge is 0.300 e. The Bertz CT molecular complexity index is 241. The highest BCUT2D eigenvalue weighted by atomic mass is 16.4. The van der Waals surface area contributed by atoms with Crippen LogP contribution in [0.1, 0.15) is 71.6 Å². The van der Waals surface area contributed by atoms with Gasteiger partial charge in [-0.1, -0.05) is 63.3 Å². The first-order valence-electron chi connectivity index (χ1n) is 7.77. The summed E-state index contributed by atoms with van der Waals surface area (Å²) in [6.45, 7) is 3.66. The van der Waals surface area contributed by atoms with Crippen LogP contribution in [0.2, 0.25) is 0 Å². The molecule has 0 bridgehead atoms. The molecule has 0 rings (SSSR count). The fourth-order valence-corrected chi connectivity index (χ4v) is 1.58. The van der Waals surface area contributed by atoms with Gasteiger partial charge in [-0.25, -0.2) is 0 Å². The number of hydrogen-bond donors (Lipinski definition) is 2. The maximum Gasteiger partial charge on any atom is 0.300 e. The molecule has 0 radical (unpaired) electrons. The molecule has 0 aromatic rings. The molecule has 3 heteroatoms. The molecule has 0 heterocycles. The van der Waals surface area contributed by atoms with Crippen LogP contribution in [-0.2, 0) is 4.79 Å². The monoisotopic (exact) mass is 284 g/mol. The molecule has 0 aliphatic rings. The molecule has 118 valence electrons. The maximum atomic E-state index is 9.00. The number of aliphatic hydroxyl groups is 1. The Balaban J connectivity index is 0. The lowest BCUT2D eigenvalue weighted by Gasteiger charge is -1.96. The van der Waals surface area contributed by atoms with Gasteiger partial charge in [-0.15, -0.1) is 0 Å².